The number of nitrogens with zero attached hydrogens (tertiary/aromatic N) is 1. The zero-order valence-electron chi connectivity index (χ0n) is 6.89. The summed E-state index contributed by atoms with van der Waals surface area (Å²) in [5, 5.41) is 3.32. The molecule has 0 fully saturated rings. The fraction of sp³-hybridized carbons (Fsp3) is 0.333. The zero-order chi connectivity index (χ0) is 7.84. The number of anilines is 2. The highest BCUT2D eigenvalue weighted by molar-refractivity contribution is 5.74. The molecule has 1 N–H and O–H groups in total. The lowest BCUT2D eigenvalue weighted by molar-refractivity contribution is 1.03. The average Bonchev–Trinajstić information content (AvgIpc) is 2.32. The molecule has 0 atom stereocenters. The summed E-state index contributed by atoms with van der Waals surface area (Å²) < 4.78 is 0. The van der Waals surface area contributed by atoms with Gasteiger partial charge in [0.15, 0.2) is 0 Å². The molecule has 2 nitrogen and oxygen atoms in total. The van der Waals surface area contributed by atoms with Crippen molar-refractivity contribution < 1.29 is 0 Å². The van der Waals surface area contributed by atoms with Crippen molar-refractivity contribution in [1.82, 2.24) is 0 Å². The van der Waals surface area contributed by atoms with Gasteiger partial charge in [0, 0.05) is 7.05 Å². The molecule has 1 aromatic rings. The summed E-state index contributed by atoms with van der Waals surface area (Å²) in [5.41, 5.74) is 3.87. The van der Waals surface area contributed by atoms with Crippen LogP contribution in [0, 0.1) is 6.92 Å². The Kier molecular flexibility index (Phi) is 1.28. The molecule has 0 radical (unpaired) electrons. The summed E-state index contributed by atoms with van der Waals surface area (Å²) in [6.07, 6.45) is 0. The van der Waals surface area contributed by atoms with Gasteiger partial charge in [-0.25, -0.2) is 0 Å². The topological polar surface area (TPSA) is 15.3 Å². The molecular weight excluding hydrogens is 136 g/mol. The third-order valence-corrected chi connectivity index (χ3v) is 2.07. The van der Waals surface area contributed by atoms with Gasteiger partial charge >= 0.3 is 0 Å². The van der Waals surface area contributed by atoms with E-state index in [4.69, 9.17) is 0 Å². The van der Waals surface area contributed by atoms with E-state index in [-0.39, 0.29) is 0 Å². The summed E-state index contributed by atoms with van der Waals surface area (Å²) in [7, 11) is 2.09. The fourth-order valence-electron chi connectivity index (χ4n) is 1.41. The molecule has 1 heterocycles. The van der Waals surface area contributed by atoms with Gasteiger partial charge in [-0.15, -0.1) is 0 Å². The lowest BCUT2D eigenvalue weighted by Crippen LogP contribution is -2.15. The number of benzene rings is 1. The van der Waals surface area contributed by atoms with Crippen LogP contribution in [0.5, 0.6) is 0 Å². The highest BCUT2D eigenvalue weighted by Crippen LogP contribution is 2.30. The van der Waals surface area contributed by atoms with Crippen LogP contribution in [-0.2, 0) is 0 Å². The number of nitrogens with one attached hydrogen (secondary N) is 1. The number of rotatable bonds is 0. The molecule has 58 valence electrons. The van der Waals surface area contributed by atoms with Crippen LogP contribution in [0.1, 0.15) is 5.56 Å². The van der Waals surface area contributed by atoms with Gasteiger partial charge in [-0.1, -0.05) is 6.07 Å². The Bertz CT molecular complexity index is 281. The van der Waals surface area contributed by atoms with Crippen molar-refractivity contribution in [3.05, 3.63) is 23.8 Å². The number of aryl methyl sites for hydroxylation is 1. The summed E-state index contributed by atoms with van der Waals surface area (Å²) in [6.45, 7) is 3.04. The van der Waals surface area contributed by atoms with Crippen molar-refractivity contribution in [2.24, 2.45) is 0 Å². The SMILES string of the molecule is Cc1ccc2c(c1)NCN2C. The molecule has 0 unspecified atom stereocenters. The van der Waals surface area contributed by atoms with E-state index < -0.39 is 0 Å². The van der Waals surface area contributed by atoms with Gasteiger partial charge in [0.05, 0.1) is 18.0 Å². The minimum Gasteiger partial charge on any atom is -0.366 e. The molecule has 2 rings (SSSR count). The summed E-state index contributed by atoms with van der Waals surface area (Å²) in [6, 6.07) is 6.48. The normalized spacial score (nSPS) is 14.5. The third kappa shape index (κ3) is 0.946. The van der Waals surface area contributed by atoms with Crippen LogP contribution in [0.3, 0.4) is 0 Å². The molecule has 0 aliphatic carbocycles. The minimum atomic E-state index is 0.929. The first kappa shape index (κ1) is 6.53. The maximum atomic E-state index is 3.32. The first-order chi connectivity index (χ1) is 5.27. The van der Waals surface area contributed by atoms with E-state index in [0.29, 0.717) is 0 Å². The molecule has 0 amide bonds. The monoisotopic (exact) mass is 148 g/mol. The smallest absolute Gasteiger partial charge is 0.0874 e. The fourth-order valence-corrected chi connectivity index (χ4v) is 1.41. The second-order valence-corrected chi connectivity index (χ2v) is 3.05. The van der Waals surface area contributed by atoms with Crippen molar-refractivity contribution in [2.45, 2.75) is 6.92 Å². The van der Waals surface area contributed by atoms with E-state index in [1.807, 2.05) is 0 Å². The maximum Gasteiger partial charge on any atom is 0.0874 e. The molecule has 0 aromatic heterocycles. The quantitative estimate of drug-likeness (QED) is 0.603. The van der Waals surface area contributed by atoms with Crippen LogP contribution in [0.25, 0.3) is 0 Å². The lowest BCUT2D eigenvalue weighted by Gasteiger charge is -2.08. The number of fused-ring (bicyclic) bond motifs is 1. The molecule has 11 heavy (non-hydrogen) atoms. The molecule has 0 bridgehead atoms. The largest absolute Gasteiger partial charge is 0.366 e. The van der Waals surface area contributed by atoms with Crippen molar-refractivity contribution in [3.63, 3.8) is 0 Å². The van der Waals surface area contributed by atoms with Crippen LogP contribution in [0.2, 0.25) is 0 Å². The van der Waals surface area contributed by atoms with Crippen LogP contribution < -0.4 is 10.2 Å². The molecule has 0 spiro atoms. The highest BCUT2D eigenvalue weighted by Gasteiger charge is 2.13. The van der Waals surface area contributed by atoms with Crippen LogP contribution >= 0.6 is 0 Å². The van der Waals surface area contributed by atoms with E-state index in [9.17, 15) is 0 Å². The Hall–Kier alpha value is -1.18. The Labute approximate surface area is 66.8 Å². The van der Waals surface area contributed by atoms with Crippen LogP contribution in [0.15, 0.2) is 18.2 Å². The Balaban J connectivity index is 2.50. The van der Waals surface area contributed by atoms with Gasteiger partial charge in [-0.3, -0.25) is 0 Å². The van der Waals surface area contributed by atoms with Gasteiger partial charge in [0.25, 0.3) is 0 Å². The standard InChI is InChI=1S/C9H12N2/c1-7-3-4-9-8(5-7)10-6-11(9)2/h3-5,10H,6H2,1-2H3. The Morgan fingerprint density at radius 3 is 3.09 bits per heavy atom. The summed E-state index contributed by atoms with van der Waals surface area (Å²) in [5.74, 6) is 0. The molecule has 1 aromatic carbocycles. The van der Waals surface area contributed by atoms with Gasteiger partial charge < -0.3 is 10.2 Å². The number of hydrogen-bond donors (Lipinski definition) is 1. The van der Waals surface area contributed by atoms with E-state index >= 15 is 0 Å². The molecular formula is C9H12N2. The van der Waals surface area contributed by atoms with Gasteiger partial charge in [0.2, 0.25) is 0 Å². The highest BCUT2D eigenvalue weighted by atomic mass is 15.3. The molecule has 0 saturated carbocycles. The van der Waals surface area contributed by atoms with E-state index in [0.717, 1.165) is 6.67 Å². The molecule has 2 heteroatoms. The average molecular weight is 148 g/mol. The lowest BCUT2D eigenvalue weighted by atomic mass is 10.2. The Morgan fingerprint density at radius 1 is 1.45 bits per heavy atom. The van der Waals surface area contributed by atoms with E-state index in [2.05, 4.69) is 42.4 Å². The predicted molar refractivity (Wildman–Crippen MR) is 48.1 cm³/mol. The van der Waals surface area contributed by atoms with Crippen molar-refractivity contribution >= 4 is 11.4 Å². The first-order valence-electron chi connectivity index (χ1n) is 3.83. The summed E-state index contributed by atoms with van der Waals surface area (Å²) in [4.78, 5) is 2.20. The first-order valence-corrected chi connectivity index (χ1v) is 3.83. The predicted octanol–water partition coefficient (Wildman–Crippen LogP) is 1.81. The molecule has 0 saturated heterocycles. The molecule has 1 aliphatic heterocycles. The second-order valence-electron chi connectivity index (χ2n) is 3.05. The second kappa shape index (κ2) is 2.16. The minimum absolute atomic E-state index is 0.929. The zero-order valence-corrected chi connectivity index (χ0v) is 6.89. The van der Waals surface area contributed by atoms with Crippen molar-refractivity contribution in [3.8, 4) is 0 Å². The third-order valence-electron chi connectivity index (χ3n) is 2.07. The van der Waals surface area contributed by atoms with Gasteiger partial charge in [-0.2, -0.15) is 0 Å². The van der Waals surface area contributed by atoms with Crippen molar-refractivity contribution in [2.75, 3.05) is 23.9 Å². The van der Waals surface area contributed by atoms with Crippen LogP contribution in [0.4, 0.5) is 11.4 Å². The van der Waals surface area contributed by atoms with E-state index in [1.54, 1.807) is 0 Å². The van der Waals surface area contributed by atoms with Gasteiger partial charge in [-0.05, 0) is 24.6 Å². The maximum absolute atomic E-state index is 3.32. The Morgan fingerprint density at radius 2 is 2.27 bits per heavy atom. The molecule has 1 aliphatic rings. The number of hydrogen-bond acceptors (Lipinski definition) is 2. The van der Waals surface area contributed by atoms with Crippen LogP contribution in [-0.4, -0.2) is 13.7 Å². The van der Waals surface area contributed by atoms with Crippen molar-refractivity contribution in [1.29, 1.82) is 0 Å². The summed E-state index contributed by atoms with van der Waals surface area (Å²) >= 11 is 0. The van der Waals surface area contributed by atoms with E-state index in [1.165, 1.54) is 16.9 Å². The van der Waals surface area contributed by atoms with Gasteiger partial charge in [0.1, 0.15) is 0 Å².